The molecule has 0 saturated heterocycles. The van der Waals surface area contributed by atoms with Crippen molar-refractivity contribution in [1.29, 1.82) is 0 Å². The van der Waals surface area contributed by atoms with Gasteiger partial charge in [-0.2, -0.15) is 4.40 Å². The van der Waals surface area contributed by atoms with Crippen molar-refractivity contribution in [1.82, 2.24) is 0 Å². The Kier molecular flexibility index (Phi) is 5.29. The molecule has 1 atom stereocenters. The Morgan fingerprint density at radius 2 is 2.00 bits per heavy atom. The Morgan fingerprint density at radius 1 is 1.32 bits per heavy atom. The van der Waals surface area contributed by atoms with E-state index in [9.17, 15) is 4.21 Å². The fraction of sp³-hybridized carbons (Fsp3) is 0.438. The molecule has 0 saturated carbocycles. The molecule has 0 aliphatic carbocycles. The van der Waals surface area contributed by atoms with Crippen LogP contribution >= 0.6 is 11.6 Å². The van der Waals surface area contributed by atoms with E-state index in [1.165, 1.54) is 12.5 Å². The number of benzene rings is 1. The highest BCUT2D eigenvalue weighted by Crippen LogP contribution is 2.37. The number of nitrogens with zero attached hydrogens (tertiary/aromatic N) is 1. The Labute approximate surface area is 138 Å². The van der Waals surface area contributed by atoms with Crippen molar-refractivity contribution in [2.75, 3.05) is 0 Å². The van der Waals surface area contributed by atoms with Crippen molar-refractivity contribution in [2.45, 2.75) is 44.1 Å². The normalized spacial score (nSPS) is 18.2. The summed E-state index contributed by atoms with van der Waals surface area (Å²) in [6.07, 6.45) is 5.83. The Hall–Kier alpha value is -1.33. The van der Waals surface area contributed by atoms with E-state index in [4.69, 9.17) is 21.1 Å². The van der Waals surface area contributed by atoms with Crippen LogP contribution in [0.3, 0.4) is 0 Å². The van der Waals surface area contributed by atoms with E-state index < -0.39 is 16.8 Å². The van der Waals surface area contributed by atoms with Crippen molar-refractivity contribution < 1.29 is 13.7 Å². The zero-order valence-electron chi connectivity index (χ0n) is 12.9. The van der Waals surface area contributed by atoms with E-state index in [0.717, 1.165) is 5.56 Å². The average Bonchev–Trinajstić information content (AvgIpc) is 2.92. The largest absolute Gasteiger partial charge is 0.453 e. The highest BCUT2D eigenvalue weighted by Gasteiger charge is 2.37. The van der Waals surface area contributed by atoms with Gasteiger partial charge in [0, 0.05) is 23.2 Å². The molecule has 1 heterocycles. The zero-order chi connectivity index (χ0) is 16.2. The van der Waals surface area contributed by atoms with E-state index in [1.54, 1.807) is 12.3 Å². The SMILES string of the molecule is CC(C)(C)[S@@](=O)N=CCCC1(c2cccc(Cl)c2)OC=CO1. The molecule has 1 aromatic carbocycles. The molecule has 0 amide bonds. The summed E-state index contributed by atoms with van der Waals surface area (Å²) in [6.45, 7) is 5.67. The van der Waals surface area contributed by atoms with Crippen molar-refractivity contribution in [3.05, 3.63) is 47.4 Å². The van der Waals surface area contributed by atoms with Gasteiger partial charge in [-0.1, -0.05) is 23.7 Å². The van der Waals surface area contributed by atoms with Gasteiger partial charge in [-0.3, -0.25) is 0 Å². The maximum absolute atomic E-state index is 11.9. The fourth-order valence-corrected chi connectivity index (χ4v) is 2.71. The smallest absolute Gasteiger partial charge is 0.277 e. The van der Waals surface area contributed by atoms with Crippen LogP contribution in [0.25, 0.3) is 0 Å². The third-order valence-electron chi connectivity index (χ3n) is 3.13. The lowest BCUT2D eigenvalue weighted by Crippen LogP contribution is -2.27. The van der Waals surface area contributed by atoms with Gasteiger partial charge in [-0.05, 0) is 39.3 Å². The molecule has 1 aliphatic heterocycles. The second kappa shape index (κ2) is 6.84. The predicted molar refractivity (Wildman–Crippen MR) is 90.1 cm³/mol. The van der Waals surface area contributed by atoms with Gasteiger partial charge in [-0.25, -0.2) is 4.21 Å². The van der Waals surface area contributed by atoms with Gasteiger partial charge in [0.2, 0.25) is 0 Å². The van der Waals surface area contributed by atoms with Crippen molar-refractivity contribution in [3.63, 3.8) is 0 Å². The van der Waals surface area contributed by atoms with Crippen LogP contribution in [0.5, 0.6) is 0 Å². The standard InChI is InChI=1S/C16H20ClNO3S/c1-15(2,3)22(19)18-9-5-8-16(20-10-11-21-16)13-6-4-7-14(17)12-13/h4,6-7,9-12H,5,8H2,1-3H3/t22-/m1/s1. The molecule has 1 aliphatic rings. The van der Waals surface area contributed by atoms with Gasteiger partial charge in [-0.15, -0.1) is 0 Å². The van der Waals surface area contributed by atoms with Crippen molar-refractivity contribution in [2.24, 2.45) is 4.40 Å². The monoisotopic (exact) mass is 341 g/mol. The first-order valence-corrected chi connectivity index (χ1v) is 8.53. The minimum atomic E-state index is -1.25. The molecule has 6 heteroatoms. The molecule has 22 heavy (non-hydrogen) atoms. The van der Waals surface area contributed by atoms with Crippen LogP contribution in [0.2, 0.25) is 5.02 Å². The van der Waals surface area contributed by atoms with Gasteiger partial charge < -0.3 is 9.47 Å². The fourth-order valence-electron chi connectivity index (χ4n) is 1.96. The lowest BCUT2D eigenvalue weighted by atomic mass is 10.0. The van der Waals surface area contributed by atoms with Crippen LogP contribution in [0.15, 0.2) is 41.2 Å². The lowest BCUT2D eigenvalue weighted by Gasteiger charge is -2.27. The molecular weight excluding hydrogens is 322 g/mol. The van der Waals surface area contributed by atoms with E-state index in [-0.39, 0.29) is 4.75 Å². The summed E-state index contributed by atoms with van der Waals surface area (Å²) in [6, 6.07) is 7.38. The van der Waals surface area contributed by atoms with E-state index in [2.05, 4.69) is 4.40 Å². The summed E-state index contributed by atoms with van der Waals surface area (Å²) in [5.74, 6) is -0.889. The quantitative estimate of drug-likeness (QED) is 0.749. The lowest BCUT2D eigenvalue weighted by molar-refractivity contribution is -0.153. The number of hydrogen-bond acceptors (Lipinski definition) is 3. The zero-order valence-corrected chi connectivity index (χ0v) is 14.5. The van der Waals surface area contributed by atoms with Crippen LogP contribution < -0.4 is 0 Å². The number of hydrogen-bond donors (Lipinski definition) is 0. The molecule has 4 nitrogen and oxygen atoms in total. The molecule has 0 N–H and O–H groups in total. The second-order valence-electron chi connectivity index (χ2n) is 5.96. The summed E-state index contributed by atoms with van der Waals surface area (Å²) >= 11 is 6.04. The topological polar surface area (TPSA) is 47.9 Å². The molecule has 120 valence electrons. The van der Waals surface area contributed by atoms with Crippen LogP contribution in [0.1, 0.15) is 39.2 Å². The van der Waals surface area contributed by atoms with E-state index in [0.29, 0.717) is 17.9 Å². The summed E-state index contributed by atoms with van der Waals surface area (Å²) in [5, 5.41) is 0.624. The molecule has 0 unspecified atom stereocenters. The third-order valence-corrected chi connectivity index (χ3v) is 4.76. The van der Waals surface area contributed by atoms with Gasteiger partial charge in [0.1, 0.15) is 23.5 Å². The summed E-state index contributed by atoms with van der Waals surface area (Å²) in [7, 11) is -1.25. The maximum Gasteiger partial charge on any atom is 0.277 e. The molecule has 1 aromatic rings. The highest BCUT2D eigenvalue weighted by molar-refractivity contribution is 7.85. The van der Waals surface area contributed by atoms with Gasteiger partial charge in [0.05, 0.1) is 4.75 Å². The average molecular weight is 342 g/mol. The summed E-state index contributed by atoms with van der Waals surface area (Å²) in [5.41, 5.74) is 0.843. The minimum absolute atomic E-state index is 0.358. The van der Waals surface area contributed by atoms with Crippen molar-refractivity contribution >= 4 is 28.8 Å². The van der Waals surface area contributed by atoms with Gasteiger partial charge >= 0.3 is 0 Å². The number of rotatable bonds is 5. The molecule has 0 spiro atoms. The first kappa shape index (κ1) is 17.0. The first-order valence-electron chi connectivity index (χ1n) is 7.05. The van der Waals surface area contributed by atoms with Crippen LogP contribution in [-0.4, -0.2) is 15.2 Å². The minimum Gasteiger partial charge on any atom is -0.453 e. The van der Waals surface area contributed by atoms with E-state index in [1.807, 2.05) is 39.0 Å². The Morgan fingerprint density at radius 3 is 2.59 bits per heavy atom. The molecule has 0 bridgehead atoms. The summed E-state index contributed by atoms with van der Waals surface area (Å²) in [4.78, 5) is 0. The molecule has 0 aromatic heterocycles. The molecule has 0 fully saturated rings. The van der Waals surface area contributed by atoms with Crippen LogP contribution in [0.4, 0.5) is 0 Å². The highest BCUT2D eigenvalue weighted by atomic mass is 35.5. The summed E-state index contributed by atoms with van der Waals surface area (Å²) < 4.78 is 26.9. The van der Waals surface area contributed by atoms with E-state index >= 15 is 0 Å². The Balaban J connectivity index is 2.05. The maximum atomic E-state index is 11.9. The predicted octanol–water partition coefficient (Wildman–Crippen LogP) is 4.32. The van der Waals surface area contributed by atoms with Crippen LogP contribution in [-0.2, 0) is 26.2 Å². The molecular formula is C16H20ClNO3S. The van der Waals surface area contributed by atoms with Crippen molar-refractivity contribution in [3.8, 4) is 0 Å². The van der Waals surface area contributed by atoms with Gasteiger partial charge in [0.25, 0.3) is 5.79 Å². The van der Waals surface area contributed by atoms with Crippen LogP contribution in [0, 0.1) is 0 Å². The molecule has 2 rings (SSSR count). The third kappa shape index (κ3) is 4.11. The second-order valence-corrected chi connectivity index (χ2v) is 8.33. The number of ether oxygens (including phenoxy) is 2. The number of halogens is 1. The molecule has 0 radical (unpaired) electrons. The first-order chi connectivity index (χ1) is 10.3. The van der Waals surface area contributed by atoms with Gasteiger partial charge in [0.15, 0.2) is 0 Å². The Bertz CT molecular complexity index is 600.